The second-order valence-electron chi connectivity index (χ2n) is 7.17. The average Bonchev–Trinajstić information content (AvgIpc) is 2.71. The molecule has 2 aliphatic rings. The summed E-state index contributed by atoms with van der Waals surface area (Å²) in [5.74, 6) is 0.124. The molecule has 4 nitrogen and oxygen atoms in total. The lowest BCUT2D eigenvalue weighted by atomic mass is 9.71. The average molecular weight is 349 g/mol. The van der Waals surface area contributed by atoms with Crippen molar-refractivity contribution < 1.29 is 14.3 Å². The van der Waals surface area contributed by atoms with E-state index in [2.05, 4.69) is 0 Å². The van der Waals surface area contributed by atoms with Gasteiger partial charge in [-0.1, -0.05) is 43.2 Å². The molecule has 0 aromatic heterocycles. The number of fused-ring (bicyclic) bond motifs is 3. The van der Waals surface area contributed by atoms with E-state index in [0.717, 1.165) is 42.5 Å². The van der Waals surface area contributed by atoms with E-state index >= 15 is 0 Å². The lowest BCUT2D eigenvalue weighted by Crippen LogP contribution is -2.44. The predicted octanol–water partition coefficient (Wildman–Crippen LogP) is 4.29. The Balaban J connectivity index is 1.78. The molecule has 2 aromatic rings. The molecule has 4 rings (SSSR count). The number of carbonyl (C=O) groups is 2. The first-order valence-corrected chi connectivity index (χ1v) is 9.26. The molecule has 4 heteroatoms. The number of rotatable bonds is 3. The van der Waals surface area contributed by atoms with Crippen LogP contribution in [0.2, 0.25) is 0 Å². The Labute approximate surface area is 153 Å². The molecule has 0 unspecified atom stereocenters. The Morgan fingerprint density at radius 1 is 1.08 bits per heavy atom. The van der Waals surface area contributed by atoms with Crippen LogP contribution in [0.4, 0.5) is 5.69 Å². The highest BCUT2D eigenvalue weighted by Gasteiger charge is 2.41. The Morgan fingerprint density at radius 2 is 1.81 bits per heavy atom. The molecular weight excluding hydrogens is 326 g/mol. The van der Waals surface area contributed by atoms with Crippen molar-refractivity contribution in [2.45, 2.75) is 38.1 Å². The molecular formula is C22H23NO3. The van der Waals surface area contributed by atoms with Crippen LogP contribution in [0.5, 0.6) is 0 Å². The summed E-state index contributed by atoms with van der Waals surface area (Å²) in [5, 5.41) is 0. The molecule has 1 saturated carbocycles. The monoisotopic (exact) mass is 349 g/mol. The molecule has 0 spiro atoms. The van der Waals surface area contributed by atoms with Crippen molar-refractivity contribution in [2.24, 2.45) is 5.92 Å². The van der Waals surface area contributed by atoms with Crippen LogP contribution in [0, 0.1) is 5.92 Å². The number of anilines is 1. The van der Waals surface area contributed by atoms with Crippen molar-refractivity contribution in [2.75, 3.05) is 12.0 Å². The molecule has 2 atom stereocenters. The smallest absolute Gasteiger partial charge is 0.337 e. The van der Waals surface area contributed by atoms with Gasteiger partial charge in [0.2, 0.25) is 5.91 Å². The molecule has 1 amide bonds. The summed E-state index contributed by atoms with van der Waals surface area (Å²) >= 11 is 0. The number of hydrogen-bond donors (Lipinski definition) is 0. The number of nitrogens with zero attached hydrogens (tertiary/aromatic N) is 1. The number of benzene rings is 2. The maximum Gasteiger partial charge on any atom is 0.337 e. The number of amides is 1. The van der Waals surface area contributed by atoms with Gasteiger partial charge in [0.05, 0.1) is 19.2 Å². The fourth-order valence-corrected chi connectivity index (χ4v) is 4.39. The van der Waals surface area contributed by atoms with E-state index in [1.165, 1.54) is 7.11 Å². The van der Waals surface area contributed by atoms with Gasteiger partial charge in [0.25, 0.3) is 0 Å². The summed E-state index contributed by atoms with van der Waals surface area (Å²) in [6.07, 6.45) is 4.16. The second kappa shape index (κ2) is 6.94. The third kappa shape index (κ3) is 2.90. The molecule has 1 aliphatic carbocycles. The van der Waals surface area contributed by atoms with E-state index in [0.29, 0.717) is 12.1 Å². The number of hydrogen-bond acceptors (Lipinski definition) is 3. The van der Waals surface area contributed by atoms with Crippen molar-refractivity contribution in [1.29, 1.82) is 0 Å². The highest BCUT2D eigenvalue weighted by Crippen LogP contribution is 2.47. The number of methoxy groups -OCH3 is 1. The minimum absolute atomic E-state index is 0.0212. The number of carbonyl (C=O) groups excluding carboxylic acids is 2. The summed E-state index contributed by atoms with van der Waals surface area (Å²) in [6.45, 7) is 0.563. The van der Waals surface area contributed by atoms with Gasteiger partial charge in [-0.3, -0.25) is 4.79 Å². The SMILES string of the molecule is COC(=O)c1ccc2c(c1)[C@H]1CCCC[C@@H]1C(=O)N2Cc1ccccc1. The fourth-order valence-electron chi connectivity index (χ4n) is 4.39. The second-order valence-corrected chi connectivity index (χ2v) is 7.17. The van der Waals surface area contributed by atoms with Crippen LogP contribution in [0.1, 0.15) is 53.1 Å². The summed E-state index contributed by atoms with van der Waals surface area (Å²) in [7, 11) is 1.40. The van der Waals surface area contributed by atoms with E-state index in [1.54, 1.807) is 6.07 Å². The van der Waals surface area contributed by atoms with E-state index in [4.69, 9.17) is 4.74 Å². The quantitative estimate of drug-likeness (QED) is 0.777. The van der Waals surface area contributed by atoms with Gasteiger partial charge >= 0.3 is 5.97 Å². The van der Waals surface area contributed by atoms with E-state index < -0.39 is 0 Å². The van der Waals surface area contributed by atoms with Crippen LogP contribution in [0.15, 0.2) is 48.5 Å². The fraction of sp³-hybridized carbons (Fsp3) is 0.364. The van der Waals surface area contributed by atoms with Crippen LogP contribution >= 0.6 is 0 Å². The van der Waals surface area contributed by atoms with E-state index in [-0.39, 0.29) is 23.7 Å². The molecule has 2 aromatic carbocycles. The van der Waals surface area contributed by atoms with Gasteiger partial charge in [0.15, 0.2) is 0 Å². The van der Waals surface area contributed by atoms with Crippen molar-refractivity contribution in [3.63, 3.8) is 0 Å². The van der Waals surface area contributed by atoms with E-state index in [1.807, 2.05) is 47.4 Å². The Kier molecular flexibility index (Phi) is 4.49. The topological polar surface area (TPSA) is 46.6 Å². The lowest BCUT2D eigenvalue weighted by Gasteiger charge is -2.42. The summed E-state index contributed by atoms with van der Waals surface area (Å²) < 4.78 is 4.89. The van der Waals surface area contributed by atoms with Crippen LogP contribution in [0.3, 0.4) is 0 Å². The molecule has 0 N–H and O–H groups in total. The van der Waals surface area contributed by atoms with Gasteiger partial charge in [-0.05, 0) is 48.1 Å². The zero-order chi connectivity index (χ0) is 18.1. The van der Waals surface area contributed by atoms with Crippen LogP contribution < -0.4 is 4.90 Å². The zero-order valence-electron chi connectivity index (χ0n) is 15.0. The normalized spacial score (nSPS) is 21.7. The standard InChI is InChI=1S/C22H23NO3/c1-26-22(25)16-11-12-20-19(13-16)17-9-5-6-10-18(17)21(24)23(20)14-15-7-3-2-4-8-15/h2-4,7-8,11-13,17-18H,5-6,9-10,14H2,1H3/t17-,18-/m0/s1. The van der Waals surface area contributed by atoms with Crippen molar-refractivity contribution in [3.8, 4) is 0 Å². The van der Waals surface area contributed by atoms with Gasteiger partial charge < -0.3 is 9.64 Å². The first-order chi connectivity index (χ1) is 12.7. The number of ether oxygens (including phenoxy) is 1. The lowest BCUT2D eigenvalue weighted by molar-refractivity contribution is -0.124. The zero-order valence-corrected chi connectivity index (χ0v) is 15.0. The van der Waals surface area contributed by atoms with Gasteiger partial charge in [-0.25, -0.2) is 4.79 Å². The molecule has 0 radical (unpaired) electrons. The van der Waals surface area contributed by atoms with Gasteiger partial charge in [0, 0.05) is 11.6 Å². The summed E-state index contributed by atoms with van der Waals surface area (Å²) in [4.78, 5) is 27.1. The molecule has 1 heterocycles. The predicted molar refractivity (Wildman–Crippen MR) is 100 cm³/mol. The van der Waals surface area contributed by atoms with Crippen LogP contribution in [0.25, 0.3) is 0 Å². The van der Waals surface area contributed by atoms with Crippen LogP contribution in [-0.4, -0.2) is 19.0 Å². The maximum atomic E-state index is 13.2. The summed E-state index contributed by atoms with van der Waals surface area (Å²) in [5.41, 5.74) is 3.73. The minimum atomic E-state index is -0.327. The van der Waals surface area contributed by atoms with Gasteiger partial charge in [-0.15, -0.1) is 0 Å². The molecule has 0 bridgehead atoms. The first-order valence-electron chi connectivity index (χ1n) is 9.26. The number of esters is 1. The molecule has 1 aliphatic heterocycles. The first kappa shape index (κ1) is 16.8. The molecule has 26 heavy (non-hydrogen) atoms. The van der Waals surface area contributed by atoms with Gasteiger partial charge in [-0.2, -0.15) is 0 Å². The van der Waals surface area contributed by atoms with Crippen molar-refractivity contribution >= 4 is 17.6 Å². The largest absolute Gasteiger partial charge is 0.465 e. The highest BCUT2D eigenvalue weighted by atomic mass is 16.5. The van der Waals surface area contributed by atoms with Crippen molar-refractivity contribution in [3.05, 3.63) is 65.2 Å². The van der Waals surface area contributed by atoms with Crippen molar-refractivity contribution in [1.82, 2.24) is 0 Å². The Morgan fingerprint density at radius 3 is 2.54 bits per heavy atom. The Hall–Kier alpha value is -2.62. The summed E-state index contributed by atoms with van der Waals surface area (Å²) in [6, 6.07) is 15.7. The highest BCUT2D eigenvalue weighted by molar-refractivity contribution is 6.00. The maximum absolute atomic E-state index is 13.2. The third-order valence-electron chi connectivity index (χ3n) is 5.67. The molecule has 134 valence electrons. The molecule has 0 saturated heterocycles. The van der Waals surface area contributed by atoms with Crippen LogP contribution in [-0.2, 0) is 16.1 Å². The van der Waals surface area contributed by atoms with Gasteiger partial charge in [0.1, 0.15) is 0 Å². The Bertz CT molecular complexity index is 831. The molecule has 1 fully saturated rings. The van der Waals surface area contributed by atoms with E-state index in [9.17, 15) is 9.59 Å². The minimum Gasteiger partial charge on any atom is -0.465 e. The third-order valence-corrected chi connectivity index (χ3v) is 5.67.